The Hall–Kier alpha value is -0.340. The molecule has 2 rings (SSSR count). The van der Waals surface area contributed by atoms with Gasteiger partial charge in [0.2, 0.25) is 0 Å². The maximum absolute atomic E-state index is 10.7. The number of aromatic nitrogens is 3. The topological polar surface area (TPSA) is 68.0 Å². The first-order valence-electron chi connectivity index (χ1n) is 6.66. The van der Waals surface area contributed by atoms with Crippen LogP contribution in [0.15, 0.2) is 5.16 Å². The Kier molecular flexibility index (Phi) is 6.57. The first kappa shape index (κ1) is 16.0. The van der Waals surface area contributed by atoms with Crippen LogP contribution in [-0.2, 0) is 17.8 Å². The number of rotatable bonds is 7. The number of nitrogens with zero attached hydrogens (tertiary/aromatic N) is 3. The van der Waals surface area contributed by atoms with E-state index in [1.165, 1.54) is 23.3 Å². The summed E-state index contributed by atoms with van der Waals surface area (Å²) in [6.07, 6.45) is 1.92. The molecule has 20 heavy (non-hydrogen) atoms. The smallest absolute Gasteiger partial charge is 0.313 e. The van der Waals surface area contributed by atoms with Gasteiger partial charge in [0, 0.05) is 35.5 Å². The lowest BCUT2D eigenvalue weighted by Crippen LogP contribution is -2.22. The lowest BCUT2D eigenvalue weighted by molar-refractivity contribution is -0.133. The fraction of sp³-hybridized carbons (Fsp3) is 0.750. The van der Waals surface area contributed by atoms with E-state index in [2.05, 4.69) is 21.7 Å². The van der Waals surface area contributed by atoms with Crippen LogP contribution in [0.3, 0.4) is 0 Å². The molecule has 1 unspecified atom stereocenters. The third-order valence-corrected chi connectivity index (χ3v) is 6.64. The lowest BCUT2D eigenvalue weighted by atomic mass is 10.3. The lowest BCUT2D eigenvalue weighted by Gasteiger charge is -2.22. The Morgan fingerprint density at radius 1 is 1.50 bits per heavy atom. The number of thioether (sulfide) groups is 3. The summed E-state index contributed by atoms with van der Waals surface area (Å²) in [5, 5.41) is 18.5. The van der Waals surface area contributed by atoms with Gasteiger partial charge >= 0.3 is 5.97 Å². The van der Waals surface area contributed by atoms with Crippen LogP contribution in [-0.4, -0.2) is 54.1 Å². The van der Waals surface area contributed by atoms with Crippen molar-refractivity contribution >= 4 is 41.3 Å². The normalized spacial score (nSPS) is 19.1. The van der Waals surface area contributed by atoms with Crippen LogP contribution in [0.1, 0.15) is 19.2 Å². The van der Waals surface area contributed by atoms with Gasteiger partial charge in [0.25, 0.3) is 0 Å². The molecule has 0 spiro atoms. The zero-order valence-corrected chi connectivity index (χ0v) is 13.9. The highest BCUT2D eigenvalue weighted by Gasteiger charge is 2.20. The maximum Gasteiger partial charge on any atom is 0.313 e. The first-order chi connectivity index (χ1) is 9.70. The van der Waals surface area contributed by atoms with E-state index in [-0.39, 0.29) is 5.75 Å². The van der Waals surface area contributed by atoms with E-state index in [0.29, 0.717) is 5.25 Å². The van der Waals surface area contributed by atoms with Crippen molar-refractivity contribution in [3.63, 3.8) is 0 Å². The fourth-order valence-corrected chi connectivity index (χ4v) is 5.33. The number of aryl methyl sites for hydroxylation is 1. The Morgan fingerprint density at radius 2 is 2.35 bits per heavy atom. The van der Waals surface area contributed by atoms with Crippen molar-refractivity contribution in [1.29, 1.82) is 0 Å². The Bertz CT molecular complexity index is 447. The number of aliphatic carboxylic acids is 1. The molecule has 5 nitrogen and oxygen atoms in total. The molecule has 1 fully saturated rings. The molecule has 1 atom stereocenters. The molecule has 112 valence electrons. The zero-order valence-electron chi connectivity index (χ0n) is 11.4. The predicted octanol–water partition coefficient (Wildman–Crippen LogP) is 2.26. The third kappa shape index (κ3) is 4.60. The van der Waals surface area contributed by atoms with Gasteiger partial charge in [0.15, 0.2) is 5.16 Å². The van der Waals surface area contributed by atoms with Crippen LogP contribution in [0.25, 0.3) is 0 Å². The van der Waals surface area contributed by atoms with E-state index in [1.807, 2.05) is 23.5 Å². The van der Waals surface area contributed by atoms with Crippen LogP contribution in [0.5, 0.6) is 0 Å². The first-order valence-corrected chi connectivity index (χ1v) is 9.85. The van der Waals surface area contributed by atoms with Crippen LogP contribution in [0, 0.1) is 0 Å². The number of carboxylic acid groups (broad SMARTS) is 1. The van der Waals surface area contributed by atoms with E-state index < -0.39 is 5.97 Å². The maximum atomic E-state index is 10.7. The van der Waals surface area contributed by atoms with Crippen molar-refractivity contribution in [3.8, 4) is 0 Å². The van der Waals surface area contributed by atoms with Gasteiger partial charge in [-0.15, -0.1) is 10.2 Å². The monoisotopic (exact) mass is 333 g/mol. The largest absolute Gasteiger partial charge is 0.481 e. The highest BCUT2D eigenvalue weighted by atomic mass is 32.2. The van der Waals surface area contributed by atoms with Crippen LogP contribution in [0.2, 0.25) is 0 Å². The van der Waals surface area contributed by atoms with Crippen molar-refractivity contribution in [2.45, 2.75) is 36.7 Å². The van der Waals surface area contributed by atoms with E-state index >= 15 is 0 Å². The van der Waals surface area contributed by atoms with Crippen molar-refractivity contribution in [1.82, 2.24) is 14.8 Å². The Balaban J connectivity index is 2.08. The van der Waals surface area contributed by atoms with Crippen molar-refractivity contribution < 1.29 is 9.90 Å². The van der Waals surface area contributed by atoms with Crippen molar-refractivity contribution in [2.75, 3.05) is 23.0 Å². The number of hydrogen-bond donors (Lipinski definition) is 1. The van der Waals surface area contributed by atoms with Crippen LogP contribution >= 0.6 is 35.3 Å². The second-order valence-corrected chi connectivity index (χ2v) is 8.01. The van der Waals surface area contributed by atoms with Gasteiger partial charge in [-0.25, -0.2) is 0 Å². The van der Waals surface area contributed by atoms with Gasteiger partial charge in [-0.1, -0.05) is 18.7 Å². The molecule has 1 N–H and O–H groups in total. The van der Waals surface area contributed by atoms with E-state index in [0.717, 1.165) is 36.1 Å². The van der Waals surface area contributed by atoms with Gasteiger partial charge in [-0.3, -0.25) is 4.79 Å². The SMILES string of the molecule is CCCc1nnc(SCC(=O)O)n1CC1CSCCS1. The fourth-order valence-electron chi connectivity index (χ4n) is 1.99. The molecule has 0 amide bonds. The van der Waals surface area contributed by atoms with E-state index in [4.69, 9.17) is 5.11 Å². The summed E-state index contributed by atoms with van der Waals surface area (Å²) < 4.78 is 2.13. The Morgan fingerprint density at radius 3 is 3.00 bits per heavy atom. The molecule has 1 aromatic rings. The molecule has 2 heterocycles. The molecule has 1 aromatic heterocycles. The molecule has 0 saturated carbocycles. The van der Waals surface area contributed by atoms with Gasteiger partial charge < -0.3 is 9.67 Å². The molecule has 0 radical (unpaired) electrons. The summed E-state index contributed by atoms with van der Waals surface area (Å²) >= 11 is 5.25. The summed E-state index contributed by atoms with van der Waals surface area (Å²) in [5.74, 6) is 3.78. The van der Waals surface area contributed by atoms with Gasteiger partial charge in [-0.2, -0.15) is 23.5 Å². The van der Waals surface area contributed by atoms with Gasteiger partial charge in [0.1, 0.15) is 5.82 Å². The average molecular weight is 334 g/mol. The molecule has 1 saturated heterocycles. The summed E-state index contributed by atoms with van der Waals surface area (Å²) in [4.78, 5) is 10.7. The van der Waals surface area contributed by atoms with E-state index in [9.17, 15) is 4.79 Å². The molecule has 1 aliphatic heterocycles. The molecular formula is C12H19N3O2S3. The number of carbonyl (C=O) groups is 1. The van der Waals surface area contributed by atoms with Crippen molar-refractivity contribution in [2.24, 2.45) is 0 Å². The molecule has 1 aliphatic rings. The highest BCUT2D eigenvalue weighted by Crippen LogP contribution is 2.27. The van der Waals surface area contributed by atoms with Crippen LogP contribution < -0.4 is 0 Å². The third-order valence-electron chi connectivity index (χ3n) is 2.86. The minimum absolute atomic E-state index is 0.0385. The summed E-state index contributed by atoms with van der Waals surface area (Å²) in [5.41, 5.74) is 0. The van der Waals surface area contributed by atoms with Gasteiger partial charge in [-0.05, 0) is 6.42 Å². The summed E-state index contributed by atoms with van der Waals surface area (Å²) in [6.45, 7) is 3.01. The molecule has 0 bridgehead atoms. The molecule has 0 aromatic carbocycles. The summed E-state index contributed by atoms with van der Waals surface area (Å²) in [6, 6.07) is 0. The quantitative estimate of drug-likeness (QED) is 0.768. The summed E-state index contributed by atoms with van der Waals surface area (Å²) in [7, 11) is 0. The van der Waals surface area contributed by atoms with E-state index in [1.54, 1.807) is 0 Å². The minimum Gasteiger partial charge on any atom is -0.481 e. The predicted molar refractivity (Wildman–Crippen MR) is 85.9 cm³/mol. The highest BCUT2D eigenvalue weighted by molar-refractivity contribution is 8.06. The minimum atomic E-state index is -0.816. The zero-order chi connectivity index (χ0) is 14.4. The molecule has 8 heteroatoms. The number of hydrogen-bond acceptors (Lipinski definition) is 6. The van der Waals surface area contributed by atoms with Crippen molar-refractivity contribution in [3.05, 3.63) is 5.82 Å². The number of carboxylic acids is 1. The second-order valence-electron chi connectivity index (χ2n) is 4.51. The molecule has 0 aliphatic carbocycles. The average Bonchev–Trinajstić information content (AvgIpc) is 2.81. The Labute approximate surface area is 131 Å². The molecular weight excluding hydrogens is 314 g/mol. The standard InChI is InChI=1S/C12H19N3O2S3/c1-2-3-10-13-14-12(20-8-11(16)17)15(10)6-9-7-18-4-5-19-9/h9H,2-8H2,1H3,(H,16,17). The van der Waals surface area contributed by atoms with Crippen LogP contribution in [0.4, 0.5) is 0 Å². The van der Waals surface area contributed by atoms with Gasteiger partial charge in [0.05, 0.1) is 5.75 Å². The second kappa shape index (κ2) is 8.19.